The first-order chi connectivity index (χ1) is 15.0. The van der Waals surface area contributed by atoms with Crippen LogP contribution in [-0.2, 0) is 11.3 Å². The molecule has 1 saturated heterocycles. The van der Waals surface area contributed by atoms with Crippen molar-refractivity contribution < 1.29 is 4.79 Å². The fraction of sp³-hybridized carbons (Fsp3) is 0.273. The van der Waals surface area contributed by atoms with Crippen LogP contribution in [0.4, 0.5) is 5.13 Å². The zero-order valence-electron chi connectivity index (χ0n) is 16.7. The Hall–Kier alpha value is -1.67. The van der Waals surface area contributed by atoms with Crippen molar-refractivity contribution in [2.75, 3.05) is 38.0 Å². The molecule has 1 amide bonds. The second-order valence-electron chi connectivity index (χ2n) is 7.39. The molecule has 9 heteroatoms. The number of nitrogens with one attached hydrogen (secondary N) is 1. The Labute approximate surface area is 200 Å². The van der Waals surface area contributed by atoms with E-state index in [1.54, 1.807) is 12.1 Å². The number of aromatic nitrogens is 1. The SMILES string of the molecule is O=C(CN1CCN(Cc2ccc(Cl)cc2)CC1)Nc1nc(-c2ccc(Cl)cc2Cl)cs1. The number of rotatable bonds is 6. The Kier molecular flexibility index (Phi) is 7.48. The predicted octanol–water partition coefficient (Wildman–Crippen LogP) is 5.53. The Morgan fingerprint density at radius 2 is 1.65 bits per heavy atom. The van der Waals surface area contributed by atoms with Gasteiger partial charge in [-0.2, -0.15) is 0 Å². The number of halogens is 3. The minimum atomic E-state index is -0.0609. The number of anilines is 1. The lowest BCUT2D eigenvalue weighted by Crippen LogP contribution is -2.48. The lowest BCUT2D eigenvalue weighted by atomic mass is 10.2. The number of hydrogen-bond donors (Lipinski definition) is 1. The summed E-state index contributed by atoms with van der Waals surface area (Å²) in [5.41, 5.74) is 2.76. The number of carbonyl (C=O) groups is 1. The lowest BCUT2D eigenvalue weighted by molar-refractivity contribution is -0.117. The summed E-state index contributed by atoms with van der Waals surface area (Å²) in [4.78, 5) is 21.5. The summed E-state index contributed by atoms with van der Waals surface area (Å²) >= 11 is 19.5. The van der Waals surface area contributed by atoms with Crippen molar-refractivity contribution in [2.45, 2.75) is 6.54 Å². The summed E-state index contributed by atoms with van der Waals surface area (Å²) in [6.45, 7) is 4.80. The molecule has 0 saturated carbocycles. The summed E-state index contributed by atoms with van der Waals surface area (Å²) in [5.74, 6) is -0.0609. The van der Waals surface area contributed by atoms with Gasteiger partial charge in [0.15, 0.2) is 5.13 Å². The average Bonchev–Trinajstić information content (AvgIpc) is 3.19. The molecule has 0 radical (unpaired) electrons. The highest BCUT2D eigenvalue weighted by atomic mass is 35.5. The Morgan fingerprint density at radius 1 is 0.968 bits per heavy atom. The first-order valence-corrected chi connectivity index (χ1v) is 11.9. The second-order valence-corrected chi connectivity index (χ2v) is 9.53. The molecule has 0 unspecified atom stereocenters. The van der Waals surface area contributed by atoms with Gasteiger partial charge in [-0.15, -0.1) is 11.3 Å². The van der Waals surface area contributed by atoms with Crippen LogP contribution < -0.4 is 5.32 Å². The van der Waals surface area contributed by atoms with Crippen LogP contribution in [-0.4, -0.2) is 53.4 Å². The molecule has 1 aromatic heterocycles. The van der Waals surface area contributed by atoms with Gasteiger partial charge in [0.05, 0.1) is 17.3 Å². The molecule has 31 heavy (non-hydrogen) atoms. The van der Waals surface area contributed by atoms with E-state index in [9.17, 15) is 4.79 Å². The number of hydrogen-bond acceptors (Lipinski definition) is 5. The fourth-order valence-electron chi connectivity index (χ4n) is 3.47. The molecule has 1 fully saturated rings. The normalized spacial score (nSPS) is 15.2. The maximum atomic E-state index is 12.5. The number of amides is 1. The van der Waals surface area contributed by atoms with Gasteiger partial charge in [-0.1, -0.05) is 46.9 Å². The summed E-state index contributed by atoms with van der Waals surface area (Å²) in [7, 11) is 0. The van der Waals surface area contributed by atoms with Gasteiger partial charge in [-0.05, 0) is 35.9 Å². The van der Waals surface area contributed by atoms with Crippen molar-refractivity contribution in [3.05, 3.63) is 68.5 Å². The maximum absolute atomic E-state index is 12.5. The molecule has 162 valence electrons. The third-order valence-corrected chi connectivity index (χ3v) is 6.67. The highest BCUT2D eigenvalue weighted by molar-refractivity contribution is 7.14. The molecular weight excluding hydrogens is 475 g/mol. The van der Waals surface area contributed by atoms with Crippen LogP contribution in [0.3, 0.4) is 0 Å². The first kappa shape index (κ1) is 22.5. The van der Waals surface area contributed by atoms with Crippen LogP contribution in [0.2, 0.25) is 15.1 Å². The van der Waals surface area contributed by atoms with E-state index in [0.717, 1.165) is 49.0 Å². The van der Waals surface area contributed by atoms with E-state index in [0.29, 0.717) is 21.7 Å². The topological polar surface area (TPSA) is 48.5 Å². The molecule has 2 heterocycles. The maximum Gasteiger partial charge on any atom is 0.240 e. The standard InChI is InChI=1S/C22H21Cl3N4OS/c23-16-3-1-15(2-4-16)12-28-7-9-29(10-8-28)13-21(30)27-22-26-20(14-31-22)18-6-5-17(24)11-19(18)25/h1-6,11,14H,7-10,12-13H2,(H,26,27,30). The molecule has 2 aromatic carbocycles. The van der Waals surface area contributed by atoms with E-state index in [1.807, 2.05) is 23.6 Å². The molecule has 4 rings (SSSR count). The van der Waals surface area contributed by atoms with Gasteiger partial charge in [-0.3, -0.25) is 14.6 Å². The Balaban J connectivity index is 1.25. The van der Waals surface area contributed by atoms with Crippen molar-refractivity contribution in [2.24, 2.45) is 0 Å². The molecule has 0 aliphatic carbocycles. The van der Waals surface area contributed by atoms with E-state index >= 15 is 0 Å². The van der Waals surface area contributed by atoms with E-state index < -0.39 is 0 Å². The molecule has 0 atom stereocenters. The molecule has 0 spiro atoms. The molecule has 1 N–H and O–H groups in total. The second kappa shape index (κ2) is 10.3. The van der Waals surface area contributed by atoms with Crippen LogP contribution in [0.1, 0.15) is 5.56 Å². The Morgan fingerprint density at radius 3 is 2.35 bits per heavy atom. The smallest absolute Gasteiger partial charge is 0.240 e. The minimum Gasteiger partial charge on any atom is -0.301 e. The largest absolute Gasteiger partial charge is 0.301 e. The zero-order chi connectivity index (χ0) is 21.8. The predicted molar refractivity (Wildman–Crippen MR) is 129 cm³/mol. The summed E-state index contributed by atoms with van der Waals surface area (Å²) in [6, 6.07) is 13.2. The van der Waals surface area contributed by atoms with Gasteiger partial charge in [0.2, 0.25) is 5.91 Å². The van der Waals surface area contributed by atoms with Gasteiger partial charge in [-0.25, -0.2) is 4.98 Å². The van der Waals surface area contributed by atoms with Crippen LogP contribution in [0.5, 0.6) is 0 Å². The molecule has 1 aliphatic rings. The molecule has 0 bridgehead atoms. The third kappa shape index (κ3) is 6.19. The van der Waals surface area contributed by atoms with Gasteiger partial charge in [0, 0.05) is 53.7 Å². The Bertz CT molecular complexity index is 1050. The van der Waals surface area contributed by atoms with Crippen LogP contribution in [0.25, 0.3) is 11.3 Å². The molecule has 5 nitrogen and oxygen atoms in total. The van der Waals surface area contributed by atoms with Crippen molar-refractivity contribution in [3.8, 4) is 11.3 Å². The number of nitrogens with zero attached hydrogens (tertiary/aromatic N) is 3. The van der Waals surface area contributed by atoms with Gasteiger partial charge < -0.3 is 5.32 Å². The quantitative estimate of drug-likeness (QED) is 0.489. The summed E-state index contributed by atoms with van der Waals surface area (Å²) < 4.78 is 0. The number of carbonyl (C=O) groups excluding carboxylic acids is 1. The third-order valence-electron chi connectivity index (χ3n) is 5.11. The van der Waals surface area contributed by atoms with Gasteiger partial charge >= 0.3 is 0 Å². The molecule has 1 aliphatic heterocycles. The highest BCUT2D eigenvalue weighted by Gasteiger charge is 2.20. The van der Waals surface area contributed by atoms with E-state index in [1.165, 1.54) is 16.9 Å². The number of piperazine rings is 1. The van der Waals surface area contributed by atoms with Crippen LogP contribution in [0, 0.1) is 0 Å². The monoisotopic (exact) mass is 494 g/mol. The van der Waals surface area contributed by atoms with E-state index in [2.05, 4.69) is 32.2 Å². The zero-order valence-corrected chi connectivity index (χ0v) is 19.7. The van der Waals surface area contributed by atoms with Crippen molar-refractivity contribution in [1.82, 2.24) is 14.8 Å². The van der Waals surface area contributed by atoms with Crippen LogP contribution in [0.15, 0.2) is 47.8 Å². The van der Waals surface area contributed by atoms with Crippen molar-refractivity contribution in [3.63, 3.8) is 0 Å². The fourth-order valence-corrected chi connectivity index (χ4v) is 4.83. The van der Waals surface area contributed by atoms with E-state index in [-0.39, 0.29) is 5.91 Å². The van der Waals surface area contributed by atoms with Gasteiger partial charge in [0.1, 0.15) is 0 Å². The van der Waals surface area contributed by atoms with Crippen molar-refractivity contribution >= 4 is 57.2 Å². The minimum absolute atomic E-state index is 0.0609. The lowest BCUT2D eigenvalue weighted by Gasteiger charge is -2.34. The number of thiazole rings is 1. The molecule has 3 aromatic rings. The highest BCUT2D eigenvalue weighted by Crippen LogP contribution is 2.32. The first-order valence-electron chi connectivity index (χ1n) is 9.86. The average molecular weight is 496 g/mol. The number of benzene rings is 2. The summed E-state index contributed by atoms with van der Waals surface area (Å²) in [6.07, 6.45) is 0. The van der Waals surface area contributed by atoms with Crippen molar-refractivity contribution in [1.29, 1.82) is 0 Å². The summed E-state index contributed by atoms with van der Waals surface area (Å²) in [5, 5.41) is 7.20. The van der Waals surface area contributed by atoms with Crippen LogP contribution >= 0.6 is 46.1 Å². The van der Waals surface area contributed by atoms with E-state index in [4.69, 9.17) is 34.8 Å². The molecular formula is C22H21Cl3N4OS. The van der Waals surface area contributed by atoms with Gasteiger partial charge in [0.25, 0.3) is 0 Å².